The molecule has 126 valence electrons. The Morgan fingerprint density at radius 2 is 1.59 bits per heavy atom. The van der Waals surface area contributed by atoms with Crippen LogP contribution in [0.2, 0.25) is 0 Å². The van der Waals surface area contributed by atoms with E-state index in [9.17, 15) is 19.6 Å². The number of hydroxylamine groups is 2. The Bertz CT molecular complexity index is 473. The highest BCUT2D eigenvalue weighted by Gasteiger charge is 2.58. The Labute approximate surface area is 130 Å². The maximum atomic E-state index is 12.5. The highest BCUT2D eigenvalue weighted by Crippen LogP contribution is 2.34. The smallest absolute Gasteiger partial charge is 0.435 e. The summed E-state index contributed by atoms with van der Waals surface area (Å²) in [6.45, 7) is 9.80. The van der Waals surface area contributed by atoms with Crippen LogP contribution in [0.4, 0.5) is 4.79 Å². The average Bonchev–Trinajstić information content (AvgIpc) is 2.66. The molecule has 7 nitrogen and oxygen atoms in total. The van der Waals surface area contributed by atoms with Crippen LogP contribution in [-0.4, -0.2) is 44.9 Å². The van der Waals surface area contributed by atoms with Crippen LogP contribution < -0.4 is 0 Å². The van der Waals surface area contributed by atoms with Gasteiger partial charge in [0.25, 0.3) is 0 Å². The summed E-state index contributed by atoms with van der Waals surface area (Å²) in [6.07, 6.45) is -0.651. The predicted octanol–water partition coefficient (Wildman–Crippen LogP) is 2.45. The number of hydrogen-bond donors (Lipinski definition) is 1. The zero-order valence-corrected chi connectivity index (χ0v) is 14.1. The van der Waals surface area contributed by atoms with Crippen molar-refractivity contribution in [2.24, 2.45) is 0 Å². The van der Waals surface area contributed by atoms with E-state index in [2.05, 4.69) is 0 Å². The van der Waals surface area contributed by atoms with Gasteiger partial charge in [0.1, 0.15) is 11.2 Å². The van der Waals surface area contributed by atoms with Gasteiger partial charge in [0.2, 0.25) is 5.54 Å². The molecule has 0 aromatic heterocycles. The number of hydrogen-bond acceptors (Lipinski definition) is 6. The van der Waals surface area contributed by atoms with Crippen LogP contribution in [0.3, 0.4) is 0 Å². The number of carbonyl (C=O) groups is 3. The Hall–Kier alpha value is -1.63. The molecule has 0 heterocycles. The molecular weight excluding hydrogens is 290 g/mol. The van der Waals surface area contributed by atoms with Gasteiger partial charge in [-0.25, -0.2) is 9.59 Å². The van der Waals surface area contributed by atoms with E-state index in [4.69, 9.17) is 9.47 Å². The summed E-state index contributed by atoms with van der Waals surface area (Å²) in [4.78, 5) is 36.7. The van der Waals surface area contributed by atoms with Gasteiger partial charge in [0.15, 0.2) is 5.78 Å². The summed E-state index contributed by atoms with van der Waals surface area (Å²) in [6, 6.07) is 0. The molecule has 0 aliphatic heterocycles. The molecule has 1 saturated carbocycles. The third-order valence-corrected chi connectivity index (χ3v) is 3.07. The first-order chi connectivity index (χ1) is 9.79. The van der Waals surface area contributed by atoms with E-state index in [0.717, 1.165) is 0 Å². The van der Waals surface area contributed by atoms with E-state index >= 15 is 0 Å². The molecular formula is C15H25NO6. The number of ether oxygens (including phenoxy) is 2. The van der Waals surface area contributed by atoms with Crippen molar-refractivity contribution in [2.75, 3.05) is 0 Å². The van der Waals surface area contributed by atoms with E-state index in [1.54, 1.807) is 41.5 Å². The summed E-state index contributed by atoms with van der Waals surface area (Å²) in [5.41, 5.74) is -3.73. The first-order valence-corrected chi connectivity index (χ1v) is 7.28. The standard InChI is InChI=1S/C15H25NO6/c1-13(2,3)21-11(18)15(9-7-8-10(15)17)16(20)12(19)22-14(4,5)6/h20H,7-9H2,1-6H3. The van der Waals surface area contributed by atoms with Crippen molar-refractivity contribution >= 4 is 17.8 Å². The topological polar surface area (TPSA) is 93.1 Å². The quantitative estimate of drug-likeness (QED) is 0.364. The summed E-state index contributed by atoms with van der Waals surface area (Å²) in [7, 11) is 0. The molecule has 1 fully saturated rings. The van der Waals surface area contributed by atoms with Crippen molar-refractivity contribution < 1.29 is 29.1 Å². The SMILES string of the molecule is CC(C)(C)OC(=O)N(O)C1(C(=O)OC(C)(C)C)CCCC1=O. The lowest BCUT2D eigenvalue weighted by Crippen LogP contribution is -2.60. The van der Waals surface area contributed by atoms with Crippen LogP contribution in [-0.2, 0) is 19.1 Å². The van der Waals surface area contributed by atoms with Crippen molar-refractivity contribution in [1.82, 2.24) is 5.06 Å². The lowest BCUT2D eigenvalue weighted by Gasteiger charge is -2.35. The molecule has 0 radical (unpaired) electrons. The first kappa shape index (κ1) is 18.4. The van der Waals surface area contributed by atoms with Crippen LogP contribution in [0.25, 0.3) is 0 Å². The molecule has 1 amide bonds. The average molecular weight is 315 g/mol. The molecule has 0 saturated heterocycles. The van der Waals surface area contributed by atoms with Gasteiger partial charge in [-0.3, -0.25) is 10.0 Å². The van der Waals surface area contributed by atoms with Crippen LogP contribution >= 0.6 is 0 Å². The molecule has 0 bridgehead atoms. The lowest BCUT2D eigenvalue weighted by molar-refractivity contribution is -0.199. The first-order valence-electron chi connectivity index (χ1n) is 7.28. The molecule has 1 aliphatic carbocycles. The zero-order chi connectivity index (χ0) is 17.3. The van der Waals surface area contributed by atoms with Gasteiger partial charge in [-0.2, -0.15) is 5.06 Å². The predicted molar refractivity (Wildman–Crippen MR) is 77.3 cm³/mol. The molecule has 0 aromatic rings. The number of Topliss-reactive ketones (excluding diaryl/α,β-unsaturated/α-hetero) is 1. The lowest BCUT2D eigenvalue weighted by atomic mass is 9.95. The van der Waals surface area contributed by atoms with E-state index in [0.29, 0.717) is 6.42 Å². The van der Waals surface area contributed by atoms with E-state index in [1.165, 1.54) is 0 Å². The number of nitrogens with zero attached hydrogens (tertiary/aromatic N) is 1. The molecule has 1 unspecified atom stereocenters. The van der Waals surface area contributed by atoms with Crippen molar-refractivity contribution in [3.8, 4) is 0 Å². The van der Waals surface area contributed by atoms with Crippen LogP contribution in [0.1, 0.15) is 60.8 Å². The third-order valence-electron chi connectivity index (χ3n) is 3.07. The molecule has 1 atom stereocenters. The van der Waals surface area contributed by atoms with E-state index in [-0.39, 0.29) is 17.9 Å². The highest BCUT2D eigenvalue weighted by atomic mass is 16.6. The number of ketones is 1. The fourth-order valence-electron chi connectivity index (χ4n) is 2.20. The number of rotatable bonds is 2. The maximum Gasteiger partial charge on any atom is 0.435 e. The minimum absolute atomic E-state index is 0.0104. The molecule has 22 heavy (non-hydrogen) atoms. The Morgan fingerprint density at radius 1 is 1.09 bits per heavy atom. The van der Waals surface area contributed by atoms with Gasteiger partial charge in [-0.05, 0) is 54.4 Å². The summed E-state index contributed by atoms with van der Waals surface area (Å²) >= 11 is 0. The fraction of sp³-hybridized carbons (Fsp3) is 0.800. The molecule has 0 spiro atoms. The number of esters is 1. The second-order valence-electron chi connectivity index (χ2n) is 7.43. The van der Waals surface area contributed by atoms with Gasteiger partial charge in [-0.15, -0.1) is 0 Å². The van der Waals surface area contributed by atoms with Crippen LogP contribution in [0.5, 0.6) is 0 Å². The van der Waals surface area contributed by atoms with Crippen molar-refractivity contribution in [2.45, 2.75) is 77.5 Å². The Kier molecular flexibility index (Phi) is 4.91. The fourth-order valence-corrected chi connectivity index (χ4v) is 2.20. The molecule has 1 rings (SSSR count). The molecule has 1 aliphatic rings. The monoisotopic (exact) mass is 315 g/mol. The van der Waals surface area contributed by atoms with Crippen molar-refractivity contribution in [1.29, 1.82) is 0 Å². The zero-order valence-electron chi connectivity index (χ0n) is 14.1. The minimum Gasteiger partial charge on any atom is -0.458 e. The maximum absolute atomic E-state index is 12.5. The van der Waals surface area contributed by atoms with Crippen molar-refractivity contribution in [3.63, 3.8) is 0 Å². The van der Waals surface area contributed by atoms with Crippen molar-refractivity contribution in [3.05, 3.63) is 0 Å². The second kappa shape index (κ2) is 5.87. The van der Waals surface area contributed by atoms with E-state index < -0.39 is 34.6 Å². The van der Waals surface area contributed by atoms with Gasteiger partial charge >= 0.3 is 12.1 Å². The molecule has 7 heteroatoms. The van der Waals surface area contributed by atoms with Crippen LogP contribution in [0, 0.1) is 0 Å². The third kappa shape index (κ3) is 3.97. The largest absolute Gasteiger partial charge is 0.458 e. The Balaban J connectivity index is 3.10. The van der Waals surface area contributed by atoms with Crippen LogP contribution in [0.15, 0.2) is 0 Å². The molecule has 0 aromatic carbocycles. The second-order valence-corrected chi connectivity index (χ2v) is 7.43. The number of carbonyl (C=O) groups excluding carboxylic acids is 3. The summed E-state index contributed by atoms with van der Waals surface area (Å²) in [5, 5.41) is 10.3. The highest BCUT2D eigenvalue weighted by molar-refractivity contribution is 6.11. The van der Waals surface area contributed by atoms with Gasteiger partial charge in [-0.1, -0.05) is 0 Å². The van der Waals surface area contributed by atoms with Gasteiger partial charge in [0.05, 0.1) is 0 Å². The normalized spacial score (nSPS) is 22.4. The summed E-state index contributed by atoms with van der Waals surface area (Å²) in [5.74, 6) is -1.48. The number of amides is 1. The van der Waals surface area contributed by atoms with Gasteiger partial charge in [0, 0.05) is 6.42 Å². The van der Waals surface area contributed by atoms with E-state index in [1.807, 2.05) is 0 Å². The summed E-state index contributed by atoms with van der Waals surface area (Å²) < 4.78 is 10.3. The minimum atomic E-state index is -2.02. The molecule has 1 N–H and O–H groups in total. The van der Waals surface area contributed by atoms with Gasteiger partial charge < -0.3 is 9.47 Å². The Morgan fingerprint density at radius 3 is 1.95 bits per heavy atom.